The molecule has 6 heteroatoms. The van der Waals surface area contributed by atoms with Crippen LogP contribution in [0, 0.1) is 0 Å². The number of hydrogen-bond acceptors (Lipinski definition) is 3. The van der Waals surface area contributed by atoms with Crippen LogP contribution in [-0.2, 0) is 0 Å². The number of halogens is 2. The minimum Gasteiger partial charge on any atom is -1.00 e. The van der Waals surface area contributed by atoms with Gasteiger partial charge in [0, 0.05) is 11.5 Å². The van der Waals surface area contributed by atoms with Crippen LogP contribution in [0.3, 0.4) is 0 Å². The largest absolute Gasteiger partial charge is 1.00 e. The van der Waals surface area contributed by atoms with Gasteiger partial charge in [0.15, 0.2) is 0 Å². The topological polar surface area (TPSA) is 31.4 Å². The molecule has 0 amide bonds. The quantitative estimate of drug-likeness (QED) is 0.541. The molecule has 2 aromatic rings. The number of benzene rings is 1. The second kappa shape index (κ2) is 8.84. The first-order valence-electron chi connectivity index (χ1n) is 4.33. The Balaban J connectivity index is 0. The Hall–Kier alpha value is -0.190. The molecule has 0 bridgehead atoms. The van der Waals surface area contributed by atoms with Gasteiger partial charge in [0.2, 0.25) is 11.8 Å². The minimum atomic E-state index is 0. The van der Waals surface area contributed by atoms with Gasteiger partial charge in [-0.25, -0.2) is 0 Å². The Kier molecular flexibility index (Phi) is 9.96. The van der Waals surface area contributed by atoms with Crippen LogP contribution < -0.4 is 51.4 Å². The molecule has 1 aromatic heterocycles. The Morgan fingerprint density at radius 3 is 2.29 bits per heavy atom. The average molecular weight is 284 g/mol. The summed E-state index contributed by atoms with van der Waals surface area (Å²) in [5.41, 5.74) is 0. The zero-order chi connectivity index (χ0) is 9.97. The fourth-order valence-electron chi connectivity index (χ4n) is 1.40. The molecule has 0 N–H and O–H groups in total. The number of ether oxygens (including phenoxy) is 2. The maximum Gasteiger partial charge on any atom is 1.00 e. The molecule has 1 aromatic carbocycles. The summed E-state index contributed by atoms with van der Waals surface area (Å²) in [6.45, 7) is 0. The van der Waals surface area contributed by atoms with Gasteiger partial charge < -0.3 is 21.9 Å². The van der Waals surface area contributed by atoms with E-state index >= 15 is 0 Å². The van der Waals surface area contributed by atoms with Crippen LogP contribution in [0.25, 0.3) is 10.8 Å². The van der Waals surface area contributed by atoms with Crippen LogP contribution in [0.1, 0.15) is 0 Å². The molecule has 0 spiro atoms. The van der Waals surface area contributed by atoms with E-state index in [2.05, 4.69) is 4.98 Å². The molecule has 1 heterocycles. The van der Waals surface area contributed by atoms with Crippen molar-refractivity contribution in [2.75, 3.05) is 14.2 Å². The van der Waals surface area contributed by atoms with E-state index < -0.39 is 0 Å². The number of aromatic nitrogens is 1. The smallest absolute Gasteiger partial charge is 1.00 e. The molecule has 0 aliphatic carbocycles. The summed E-state index contributed by atoms with van der Waals surface area (Å²) in [7, 11) is 3.20. The Bertz CT molecular complexity index is 468. The summed E-state index contributed by atoms with van der Waals surface area (Å²) < 4.78 is 10.3. The molecule has 0 aliphatic rings. The van der Waals surface area contributed by atoms with E-state index in [1.807, 2.05) is 30.3 Å². The molecule has 0 saturated heterocycles. The second-order valence-corrected chi connectivity index (χ2v) is 2.90. The molecule has 0 saturated carbocycles. The maximum absolute atomic E-state index is 5.18. The number of fused-ring (bicyclic) bond motifs is 1. The molecule has 3 nitrogen and oxygen atoms in total. The third-order valence-corrected chi connectivity index (χ3v) is 2.08. The predicted molar refractivity (Wildman–Crippen MR) is 62.1 cm³/mol. The Morgan fingerprint density at radius 1 is 1.06 bits per heavy atom. The van der Waals surface area contributed by atoms with Crippen molar-refractivity contribution in [1.29, 1.82) is 0 Å². The molecule has 0 unspecified atom stereocenters. The normalized spacial score (nSPS) is 8.35. The number of hydrogen-bond donors (Lipinski definition) is 0. The number of nitrogens with zero attached hydrogens (tertiary/aromatic N) is 1. The first-order chi connectivity index (χ1) is 6.85. The zero-order valence-corrected chi connectivity index (χ0v) is 13.5. The number of rotatable bonds is 2. The third-order valence-electron chi connectivity index (χ3n) is 2.08. The summed E-state index contributed by atoms with van der Waals surface area (Å²) in [5, 5.41) is 2.06. The van der Waals surface area contributed by atoms with Crippen molar-refractivity contribution in [3.63, 3.8) is 0 Å². The van der Waals surface area contributed by atoms with Gasteiger partial charge in [-0.15, -0.1) is 12.4 Å². The predicted octanol–water partition coefficient (Wildman–Crippen LogP) is -3.32. The minimum absolute atomic E-state index is 0. The van der Waals surface area contributed by atoms with Gasteiger partial charge in [-0.3, -0.25) is 0 Å². The van der Waals surface area contributed by atoms with Gasteiger partial charge in [0.05, 0.1) is 14.2 Å². The molecule has 17 heavy (non-hydrogen) atoms. The van der Waals surface area contributed by atoms with E-state index in [-0.39, 0.29) is 54.4 Å². The van der Waals surface area contributed by atoms with Gasteiger partial charge in [-0.1, -0.05) is 18.2 Å². The molecular formula is C11H12Cl2NNaO2. The van der Waals surface area contributed by atoms with Crippen molar-refractivity contribution in [2.45, 2.75) is 0 Å². The van der Waals surface area contributed by atoms with E-state index in [4.69, 9.17) is 9.47 Å². The summed E-state index contributed by atoms with van der Waals surface area (Å²) in [6, 6.07) is 9.79. The second-order valence-electron chi connectivity index (χ2n) is 2.90. The SMILES string of the molecule is COc1cc2ccccc2c(OC)n1.Cl.[Cl-].[Na+]. The van der Waals surface area contributed by atoms with Crippen molar-refractivity contribution in [3.05, 3.63) is 30.3 Å². The maximum atomic E-state index is 5.18. The Morgan fingerprint density at radius 2 is 1.71 bits per heavy atom. The van der Waals surface area contributed by atoms with Gasteiger partial charge in [-0.2, -0.15) is 4.98 Å². The number of methoxy groups -OCH3 is 2. The van der Waals surface area contributed by atoms with Crippen molar-refractivity contribution >= 4 is 23.2 Å². The van der Waals surface area contributed by atoms with Gasteiger partial charge in [0.1, 0.15) is 0 Å². The molecule has 0 aliphatic heterocycles. The van der Waals surface area contributed by atoms with Gasteiger partial charge >= 0.3 is 29.6 Å². The third kappa shape index (κ3) is 4.19. The van der Waals surface area contributed by atoms with Crippen molar-refractivity contribution in [3.8, 4) is 11.8 Å². The van der Waals surface area contributed by atoms with Crippen molar-refractivity contribution in [2.24, 2.45) is 0 Å². The summed E-state index contributed by atoms with van der Waals surface area (Å²) in [5.74, 6) is 1.17. The number of pyridine rings is 1. The summed E-state index contributed by atoms with van der Waals surface area (Å²) >= 11 is 0. The molecule has 0 radical (unpaired) electrons. The van der Waals surface area contributed by atoms with E-state index in [9.17, 15) is 0 Å². The fourth-order valence-corrected chi connectivity index (χ4v) is 1.40. The van der Waals surface area contributed by atoms with Crippen LogP contribution >= 0.6 is 12.4 Å². The van der Waals surface area contributed by atoms with E-state index in [1.54, 1.807) is 14.2 Å². The monoisotopic (exact) mass is 283 g/mol. The fraction of sp³-hybridized carbons (Fsp3) is 0.182. The van der Waals surface area contributed by atoms with Crippen LogP contribution in [0.5, 0.6) is 11.8 Å². The van der Waals surface area contributed by atoms with Crippen LogP contribution in [0.15, 0.2) is 30.3 Å². The molecular weight excluding hydrogens is 272 g/mol. The van der Waals surface area contributed by atoms with Crippen molar-refractivity contribution in [1.82, 2.24) is 4.98 Å². The van der Waals surface area contributed by atoms with Crippen LogP contribution in [0.2, 0.25) is 0 Å². The standard InChI is InChI=1S/C11H11NO2.2ClH.Na/c1-13-10-7-8-5-3-4-6-9(8)11(12-10)14-2;;;/h3-7H,1-2H3;2*1H;/q;;;+1/p-1. The van der Waals surface area contributed by atoms with E-state index in [0.717, 1.165) is 10.8 Å². The van der Waals surface area contributed by atoms with Crippen molar-refractivity contribution < 1.29 is 51.4 Å². The average Bonchev–Trinajstić information content (AvgIpc) is 2.27. The van der Waals surface area contributed by atoms with E-state index in [1.165, 1.54) is 0 Å². The molecule has 0 atom stereocenters. The molecule has 88 valence electrons. The molecule has 0 fully saturated rings. The first kappa shape index (κ1) is 19.2. The van der Waals surface area contributed by atoms with Gasteiger partial charge in [-0.05, 0) is 11.5 Å². The summed E-state index contributed by atoms with van der Waals surface area (Å²) in [6.07, 6.45) is 0. The van der Waals surface area contributed by atoms with E-state index in [0.29, 0.717) is 11.8 Å². The van der Waals surface area contributed by atoms with Crippen LogP contribution in [0.4, 0.5) is 0 Å². The molecule has 2 rings (SSSR count). The van der Waals surface area contributed by atoms with Crippen LogP contribution in [-0.4, -0.2) is 19.2 Å². The van der Waals surface area contributed by atoms with Gasteiger partial charge in [0.25, 0.3) is 0 Å². The summed E-state index contributed by atoms with van der Waals surface area (Å²) in [4.78, 5) is 4.19. The zero-order valence-electron chi connectivity index (χ0n) is 9.94. The Labute approximate surface area is 135 Å². The first-order valence-corrected chi connectivity index (χ1v) is 4.33.